The normalized spacial score (nSPS) is 11.0. The molecule has 0 saturated carbocycles. The van der Waals surface area contributed by atoms with Gasteiger partial charge < -0.3 is 0 Å². The van der Waals surface area contributed by atoms with Crippen LogP contribution in [-0.4, -0.2) is 9.97 Å². The van der Waals surface area contributed by atoms with E-state index in [1.807, 2.05) is 6.92 Å². The van der Waals surface area contributed by atoms with E-state index in [0.29, 0.717) is 16.6 Å². The lowest BCUT2D eigenvalue weighted by Gasteiger charge is -2.07. The molecule has 20 heavy (non-hydrogen) atoms. The molecule has 3 aromatic rings. The molecule has 0 spiro atoms. The summed E-state index contributed by atoms with van der Waals surface area (Å²) in [5.41, 5.74) is 3.33. The molecule has 0 fully saturated rings. The summed E-state index contributed by atoms with van der Waals surface area (Å²) < 4.78 is 27.6. The molecule has 4 heteroatoms. The van der Waals surface area contributed by atoms with Crippen LogP contribution in [-0.2, 0) is 0 Å². The fourth-order valence-corrected chi connectivity index (χ4v) is 2.14. The van der Waals surface area contributed by atoms with E-state index in [1.165, 1.54) is 6.92 Å². The number of rotatable bonds is 1. The summed E-state index contributed by atoms with van der Waals surface area (Å²) in [6, 6.07) is 8.36. The molecule has 2 nitrogen and oxygen atoms in total. The minimum absolute atomic E-state index is 0.234. The van der Waals surface area contributed by atoms with Gasteiger partial charge in [-0.15, -0.1) is 0 Å². The van der Waals surface area contributed by atoms with Gasteiger partial charge in [0.15, 0.2) is 11.6 Å². The van der Waals surface area contributed by atoms with Crippen LogP contribution >= 0.6 is 0 Å². The Bertz CT molecular complexity index is 813. The van der Waals surface area contributed by atoms with E-state index in [9.17, 15) is 8.78 Å². The third-order valence-corrected chi connectivity index (χ3v) is 3.25. The lowest BCUT2D eigenvalue weighted by molar-refractivity contribution is 0.505. The Morgan fingerprint density at radius 1 is 0.900 bits per heavy atom. The third kappa shape index (κ3) is 2.03. The number of hydrogen-bond donors (Lipinski definition) is 0. The van der Waals surface area contributed by atoms with Crippen molar-refractivity contribution in [1.29, 1.82) is 0 Å². The standard InChI is InChI=1S/C16H12F2N2/c1-9-3-5-12(16(18)15(9)17)11-4-6-13-14(7-11)19-8-10(2)20-13/h3-8H,1-2H3. The molecule has 0 radical (unpaired) electrons. The van der Waals surface area contributed by atoms with Gasteiger partial charge in [-0.25, -0.2) is 13.8 Å². The molecule has 0 saturated heterocycles. The molecular weight excluding hydrogens is 258 g/mol. The number of aryl methyl sites for hydroxylation is 2. The molecule has 0 N–H and O–H groups in total. The van der Waals surface area contributed by atoms with E-state index < -0.39 is 11.6 Å². The molecule has 1 heterocycles. The second-order valence-electron chi connectivity index (χ2n) is 4.77. The van der Waals surface area contributed by atoms with Crippen molar-refractivity contribution in [3.63, 3.8) is 0 Å². The highest BCUT2D eigenvalue weighted by Gasteiger charge is 2.13. The molecule has 3 rings (SSSR count). The predicted octanol–water partition coefficient (Wildman–Crippen LogP) is 4.19. The lowest BCUT2D eigenvalue weighted by Crippen LogP contribution is -1.94. The summed E-state index contributed by atoms with van der Waals surface area (Å²) in [6.07, 6.45) is 1.65. The first-order chi connectivity index (χ1) is 9.56. The van der Waals surface area contributed by atoms with Gasteiger partial charge in [0, 0.05) is 11.8 Å². The van der Waals surface area contributed by atoms with Crippen LogP contribution in [0, 0.1) is 25.5 Å². The molecular formula is C16H12F2N2. The quantitative estimate of drug-likeness (QED) is 0.662. The van der Waals surface area contributed by atoms with Crippen LogP contribution in [0.3, 0.4) is 0 Å². The maximum Gasteiger partial charge on any atom is 0.166 e. The minimum atomic E-state index is -0.829. The number of benzene rings is 2. The van der Waals surface area contributed by atoms with Crippen LogP contribution < -0.4 is 0 Å². The van der Waals surface area contributed by atoms with Gasteiger partial charge in [-0.05, 0) is 37.1 Å². The molecule has 0 bridgehead atoms. The zero-order valence-electron chi connectivity index (χ0n) is 11.1. The predicted molar refractivity (Wildman–Crippen MR) is 74.4 cm³/mol. The van der Waals surface area contributed by atoms with E-state index >= 15 is 0 Å². The number of hydrogen-bond acceptors (Lipinski definition) is 2. The highest BCUT2D eigenvalue weighted by Crippen LogP contribution is 2.28. The molecule has 100 valence electrons. The maximum atomic E-state index is 14.0. The molecule has 0 unspecified atom stereocenters. The summed E-state index contributed by atoms with van der Waals surface area (Å²) in [5.74, 6) is -1.64. The average Bonchev–Trinajstić information content (AvgIpc) is 2.44. The van der Waals surface area contributed by atoms with Crippen LogP contribution in [0.1, 0.15) is 11.3 Å². The van der Waals surface area contributed by atoms with Crippen LogP contribution in [0.2, 0.25) is 0 Å². The number of fused-ring (bicyclic) bond motifs is 1. The summed E-state index contributed by atoms with van der Waals surface area (Å²) in [4.78, 5) is 8.59. The third-order valence-electron chi connectivity index (χ3n) is 3.25. The smallest absolute Gasteiger partial charge is 0.166 e. The zero-order chi connectivity index (χ0) is 14.3. The number of nitrogens with zero attached hydrogens (tertiary/aromatic N) is 2. The Hall–Kier alpha value is -2.36. The fraction of sp³-hybridized carbons (Fsp3) is 0.125. The molecule has 0 aliphatic heterocycles. The van der Waals surface area contributed by atoms with Crippen LogP contribution in [0.25, 0.3) is 22.2 Å². The van der Waals surface area contributed by atoms with Gasteiger partial charge in [0.2, 0.25) is 0 Å². The molecule has 2 aromatic carbocycles. The zero-order valence-corrected chi connectivity index (χ0v) is 11.1. The highest BCUT2D eigenvalue weighted by atomic mass is 19.2. The topological polar surface area (TPSA) is 25.8 Å². The Morgan fingerprint density at radius 2 is 1.70 bits per heavy atom. The van der Waals surface area contributed by atoms with E-state index in [0.717, 1.165) is 11.2 Å². The fourth-order valence-electron chi connectivity index (χ4n) is 2.14. The first-order valence-corrected chi connectivity index (χ1v) is 6.24. The van der Waals surface area contributed by atoms with Crippen molar-refractivity contribution in [2.24, 2.45) is 0 Å². The Balaban J connectivity index is 2.20. The van der Waals surface area contributed by atoms with Crippen molar-refractivity contribution in [2.45, 2.75) is 13.8 Å². The molecule has 0 atom stereocenters. The van der Waals surface area contributed by atoms with Crippen molar-refractivity contribution >= 4 is 11.0 Å². The van der Waals surface area contributed by atoms with E-state index in [2.05, 4.69) is 9.97 Å². The van der Waals surface area contributed by atoms with Crippen molar-refractivity contribution in [1.82, 2.24) is 9.97 Å². The van der Waals surface area contributed by atoms with Crippen LogP contribution in [0.4, 0.5) is 8.78 Å². The molecule has 1 aromatic heterocycles. The lowest BCUT2D eigenvalue weighted by atomic mass is 10.0. The molecule has 0 aliphatic rings. The first kappa shape index (κ1) is 12.7. The van der Waals surface area contributed by atoms with Gasteiger partial charge in [-0.1, -0.05) is 18.2 Å². The van der Waals surface area contributed by atoms with E-state index in [-0.39, 0.29) is 5.56 Å². The van der Waals surface area contributed by atoms with Gasteiger partial charge in [0.25, 0.3) is 0 Å². The Morgan fingerprint density at radius 3 is 2.50 bits per heavy atom. The summed E-state index contributed by atoms with van der Waals surface area (Å²) >= 11 is 0. The minimum Gasteiger partial charge on any atom is -0.253 e. The largest absolute Gasteiger partial charge is 0.253 e. The van der Waals surface area contributed by atoms with Crippen molar-refractivity contribution in [2.75, 3.05) is 0 Å². The molecule has 0 aliphatic carbocycles. The summed E-state index contributed by atoms with van der Waals surface area (Å²) in [6.45, 7) is 3.40. The van der Waals surface area contributed by atoms with Crippen LogP contribution in [0.5, 0.6) is 0 Å². The van der Waals surface area contributed by atoms with Crippen LogP contribution in [0.15, 0.2) is 36.5 Å². The van der Waals surface area contributed by atoms with Gasteiger partial charge >= 0.3 is 0 Å². The maximum absolute atomic E-state index is 14.0. The van der Waals surface area contributed by atoms with Crippen molar-refractivity contribution in [3.8, 4) is 11.1 Å². The van der Waals surface area contributed by atoms with Gasteiger partial charge in [0.05, 0.1) is 16.7 Å². The van der Waals surface area contributed by atoms with Crippen molar-refractivity contribution < 1.29 is 8.78 Å². The highest BCUT2D eigenvalue weighted by molar-refractivity contribution is 5.81. The average molecular weight is 270 g/mol. The van der Waals surface area contributed by atoms with Gasteiger partial charge in [-0.3, -0.25) is 4.98 Å². The number of aromatic nitrogens is 2. The SMILES string of the molecule is Cc1cnc2cc(-c3ccc(C)c(F)c3F)ccc2n1. The van der Waals surface area contributed by atoms with Gasteiger partial charge in [0.1, 0.15) is 0 Å². The Labute approximate surface area is 115 Å². The summed E-state index contributed by atoms with van der Waals surface area (Å²) in [5, 5.41) is 0. The second kappa shape index (κ2) is 4.63. The monoisotopic (exact) mass is 270 g/mol. The van der Waals surface area contributed by atoms with E-state index in [1.54, 1.807) is 36.5 Å². The Kier molecular flexibility index (Phi) is 2.93. The first-order valence-electron chi connectivity index (χ1n) is 6.24. The van der Waals surface area contributed by atoms with E-state index in [4.69, 9.17) is 0 Å². The summed E-state index contributed by atoms with van der Waals surface area (Å²) in [7, 11) is 0. The van der Waals surface area contributed by atoms with Crippen molar-refractivity contribution in [3.05, 3.63) is 59.4 Å². The number of halogens is 2. The van der Waals surface area contributed by atoms with Gasteiger partial charge in [-0.2, -0.15) is 0 Å². The molecule has 0 amide bonds. The second-order valence-corrected chi connectivity index (χ2v) is 4.77.